The van der Waals surface area contributed by atoms with Crippen LogP contribution in [0.1, 0.15) is 38.1 Å². The molecule has 0 unspecified atom stereocenters. The van der Waals surface area contributed by atoms with Crippen LogP contribution < -0.4 is 5.32 Å². The summed E-state index contributed by atoms with van der Waals surface area (Å²) in [6.07, 6.45) is 0.217. The SMILES string of the molecule is Cc1nn(C)c(C)c1NC(=O)[C@H](C)OC(=O)[C@@H]1CS[C@@]2(C)CCC(=O)N12. The minimum atomic E-state index is -0.962. The number of nitrogens with zero attached hydrogens (tertiary/aromatic N) is 3. The molecule has 2 aliphatic rings. The maximum atomic E-state index is 12.6. The average molecular weight is 380 g/mol. The van der Waals surface area contributed by atoms with E-state index in [0.29, 0.717) is 23.6 Å². The number of hydrogen-bond acceptors (Lipinski definition) is 6. The minimum Gasteiger partial charge on any atom is -0.451 e. The largest absolute Gasteiger partial charge is 0.451 e. The highest BCUT2D eigenvalue weighted by atomic mass is 32.2. The van der Waals surface area contributed by atoms with E-state index < -0.39 is 24.0 Å². The Balaban J connectivity index is 1.64. The summed E-state index contributed by atoms with van der Waals surface area (Å²) in [5.74, 6) is -0.480. The normalized spacial score (nSPS) is 26.0. The van der Waals surface area contributed by atoms with Gasteiger partial charge in [-0.05, 0) is 34.1 Å². The van der Waals surface area contributed by atoms with Crippen molar-refractivity contribution in [2.24, 2.45) is 7.05 Å². The highest BCUT2D eigenvalue weighted by molar-refractivity contribution is 8.01. The average Bonchev–Trinajstić information content (AvgIpc) is 3.15. The molecule has 26 heavy (non-hydrogen) atoms. The molecule has 0 aliphatic carbocycles. The predicted molar refractivity (Wildman–Crippen MR) is 97.6 cm³/mol. The number of aryl methyl sites for hydroxylation is 2. The lowest BCUT2D eigenvalue weighted by Crippen LogP contribution is -2.48. The third-order valence-corrected chi connectivity index (χ3v) is 6.64. The first-order valence-electron chi connectivity index (χ1n) is 8.61. The number of hydrogen-bond donors (Lipinski definition) is 1. The molecule has 3 atom stereocenters. The van der Waals surface area contributed by atoms with Gasteiger partial charge in [0, 0.05) is 19.2 Å². The van der Waals surface area contributed by atoms with E-state index in [1.165, 1.54) is 6.92 Å². The third-order valence-electron chi connectivity index (χ3n) is 5.14. The Labute approximate surface area is 156 Å². The van der Waals surface area contributed by atoms with Crippen LogP contribution in [0.15, 0.2) is 0 Å². The Morgan fingerprint density at radius 1 is 1.42 bits per heavy atom. The molecule has 3 rings (SSSR count). The van der Waals surface area contributed by atoms with Gasteiger partial charge in [-0.25, -0.2) is 4.79 Å². The maximum absolute atomic E-state index is 12.6. The quantitative estimate of drug-likeness (QED) is 0.793. The number of aromatic nitrogens is 2. The molecule has 0 bridgehead atoms. The van der Waals surface area contributed by atoms with Gasteiger partial charge in [-0.1, -0.05) is 0 Å². The molecule has 2 fully saturated rings. The number of carbonyl (C=O) groups is 3. The second kappa shape index (κ2) is 6.61. The molecule has 142 valence electrons. The van der Waals surface area contributed by atoms with E-state index in [2.05, 4.69) is 10.4 Å². The highest BCUT2D eigenvalue weighted by Crippen LogP contribution is 2.47. The molecule has 3 heterocycles. The van der Waals surface area contributed by atoms with Gasteiger partial charge in [0.05, 0.1) is 21.9 Å². The van der Waals surface area contributed by atoms with Crippen molar-refractivity contribution in [3.8, 4) is 0 Å². The number of ether oxygens (including phenoxy) is 1. The molecule has 2 amide bonds. The number of thioether (sulfide) groups is 1. The zero-order valence-electron chi connectivity index (χ0n) is 15.7. The first kappa shape index (κ1) is 18.8. The molecule has 2 aliphatic heterocycles. The monoisotopic (exact) mass is 380 g/mol. The van der Waals surface area contributed by atoms with E-state index >= 15 is 0 Å². The van der Waals surface area contributed by atoms with Gasteiger partial charge in [0.2, 0.25) is 5.91 Å². The molecular formula is C17H24N4O4S. The standard InChI is InChI=1S/C17H24N4O4S/c1-9-14(10(2)20(5)19-9)18-15(23)11(3)25-16(24)12-8-26-17(4)7-6-13(22)21(12)17/h11-12H,6-8H2,1-5H3,(H,18,23)/t11-,12-,17-/m0/s1. The molecule has 1 N–H and O–H groups in total. The van der Waals surface area contributed by atoms with Crippen LogP contribution in [0.2, 0.25) is 0 Å². The summed E-state index contributed by atoms with van der Waals surface area (Å²) >= 11 is 1.59. The third kappa shape index (κ3) is 3.08. The summed E-state index contributed by atoms with van der Waals surface area (Å²) in [5, 5.41) is 7.02. The molecular weight excluding hydrogens is 356 g/mol. The number of rotatable bonds is 4. The van der Waals surface area contributed by atoms with Crippen molar-refractivity contribution in [1.82, 2.24) is 14.7 Å². The number of amides is 2. The summed E-state index contributed by atoms with van der Waals surface area (Å²) in [5.41, 5.74) is 2.14. The maximum Gasteiger partial charge on any atom is 0.330 e. The van der Waals surface area contributed by atoms with Crippen LogP contribution in [0.3, 0.4) is 0 Å². The van der Waals surface area contributed by atoms with E-state index in [1.807, 2.05) is 13.8 Å². The van der Waals surface area contributed by atoms with E-state index in [-0.39, 0.29) is 10.8 Å². The molecule has 2 saturated heterocycles. The van der Waals surface area contributed by atoms with Crippen LogP contribution in [0.25, 0.3) is 0 Å². The van der Waals surface area contributed by atoms with Gasteiger partial charge in [-0.15, -0.1) is 11.8 Å². The molecule has 0 saturated carbocycles. The highest BCUT2D eigenvalue weighted by Gasteiger charge is 2.53. The summed E-state index contributed by atoms with van der Waals surface area (Å²) in [4.78, 5) is 38.4. The van der Waals surface area contributed by atoms with Crippen molar-refractivity contribution < 1.29 is 19.1 Å². The lowest BCUT2D eigenvalue weighted by atomic mass is 10.2. The molecule has 9 heteroatoms. The second-order valence-corrected chi connectivity index (χ2v) is 8.50. The van der Waals surface area contributed by atoms with Crippen molar-refractivity contribution in [2.45, 2.75) is 57.6 Å². The minimum absolute atomic E-state index is 0.0295. The predicted octanol–water partition coefficient (Wildman–Crippen LogP) is 1.36. The Bertz CT molecular complexity index is 777. The van der Waals surface area contributed by atoms with Gasteiger partial charge < -0.3 is 15.0 Å². The summed E-state index contributed by atoms with van der Waals surface area (Å²) in [6.45, 7) is 7.15. The smallest absolute Gasteiger partial charge is 0.330 e. The van der Waals surface area contributed by atoms with Crippen LogP contribution in [-0.4, -0.2) is 55.2 Å². The molecule has 1 aromatic rings. The fourth-order valence-electron chi connectivity index (χ4n) is 3.48. The van der Waals surface area contributed by atoms with Crippen molar-refractivity contribution in [2.75, 3.05) is 11.1 Å². The Morgan fingerprint density at radius 2 is 2.12 bits per heavy atom. The zero-order chi connectivity index (χ0) is 19.2. The number of nitrogens with one attached hydrogen (secondary N) is 1. The number of esters is 1. The molecule has 0 aromatic carbocycles. The van der Waals surface area contributed by atoms with Crippen LogP contribution >= 0.6 is 11.8 Å². The molecule has 0 spiro atoms. The van der Waals surface area contributed by atoms with Crippen LogP contribution in [0, 0.1) is 13.8 Å². The van der Waals surface area contributed by atoms with Crippen LogP contribution in [0.4, 0.5) is 5.69 Å². The van der Waals surface area contributed by atoms with Crippen molar-refractivity contribution >= 4 is 35.2 Å². The molecule has 8 nitrogen and oxygen atoms in total. The molecule has 1 aromatic heterocycles. The fraction of sp³-hybridized carbons (Fsp3) is 0.647. The van der Waals surface area contributed by atoms with Crippen molar-refractivity contribution in [3.05, 3.63) is 11.4 Å². The Kier molecular flexibility index (Phi) is 4.76. The van der Waals surface area contributed by atoms with Gasteiger partial charge in [0.25, 0.3) is 5.91 Å². The first-order valence-corrected chi connectivity index (χ1v) is 9.60. The number of anilines is 1. The van der Waals surface area contributed by atoms with Gasteiger partial charge in [-0.3, -0.25) is 14.3 Å². The van der Waals surface area contributed by atoms with E-state index in [4.69, 9.17) is 4.74 Å². The summed E-state index contributed by atoms with van der Waals surface area (Å²) in [6, 6.07) is -0.628. The topological polar surface area (TPSA) is 93.5 Å². The van der Waals surface area contributed by atoms with Gasteiger partial charge in [0.15, 0.2) is 6.10 Å². The summed E-state index contributed by atoms with van der Waals surface area (Å²) < 4.78 is 7.05. The summed E-state index contributed by atoms with van der Waals surface area (Å²) in [7, 11) is 1.79. The Morgan fingerprint density at radius 3 is 2.73 bits per heavy atom. The zero-order valence-corrected chi connectivity index (χ0v) is 16.5. The Hall–Kier alpha value is -2.03. The lowest BCUT2D eigenvalue weighted by molar-refractivity contribution is -0.160. The number of carbonyl (C=O) groups excluding carboxylic acids is 3. The van der Waals surface area contributed by atoms with E-state index in [0.717, 1.165) is 12.1 Å². The van der Waals surface area contributed by atoms with Gasteiger partial charge >= 0.3 is 5.97 Å². The lowest BCUT2D eigenvalue weighted by Gasteiger charge is -2.29. The van der Waals surface area contributed by atoms with Crippen molar-refractivity contribution in [3.63, 3.8) is 0 Å². The second-order valence-electron chi connectivity index (χ2n) is 7.00. The first-order chi connectivity index (χ1) is 12.1. The van der Waals surface area contributed by atoms with Crippen LogP contribution in [-0.2, 0) is 26.2 Å². The van der Waals surface area contributed by atoms with Crippen LogP contribution in [0.5, 0.6) is 0 Å². The fourth-order valence-corrected chi connectivity index (χ4v) is 4.90. The van der Waals surface area contributed by atoms with Crippen molar-refractivity contribution in [1.29, 1.82) is 0 Å². The van der Waals surface area contributed by atoms with E-state index in [1.54, 1.807) is 35.3 Å². The van der Waals surface area contributed by atoms with Gasteiger partial charge in [0.1, 0.15) is 6.04 Å². The van der Waals surface area contributed by atoms with E-state index in [9.17, 15) is 14.4 Å². The molecule has 0 radical (unpaired) electrons. The van der Waals surface area contributed by atoms with Gasteiger partial charge in [-0.2, -0.15) is 5.10 Å². The number of fused-ring (bicyclic) bond motifs is 1.